The van der Waals surface area contributed by atoms with Crippen LogP contribution >= 0.6 is 0 Å². The molecule has 0 aliphatic carbocycles. The van der Waals surface area contributed by atoms with Crippen molar-refractivity contribution >= 4 is 11.6 Å². The van der Waals surface area contributed by atoms with Gasteiger partial charge in [-0.05, 0) is 26.0 Å². The van der Waals surface area contributed by atoms with E-state index in [1.165, 1.54) is 16.8 Å². The van der Waals surface area contributed by atoms with E-state index in [1.807, 2.05) is 29.2 Å². The van der Waals surface area contributed by atoms with Gasteiger partial charge in [0.05, 0.1) is 17.5 Å². The summed E-state index contributed by atoms with van der Waals surface area (Å²) in [5, 5.41) is 7.12. The van der Waals surface area contributed by atoms with Crippen LogP contribution in [0.15, 0.2) is 54.7 Å². The highest BCUT2D eigenvalue weighted by Gasteiger charge is 2.25. The van der Waals surface area contributed by atoms with E-state index in [-0.39, 0.29) is 5.91 Å². The number of carbonyl (C=O) groups excluding carboxylic acids is 1. The van der Waals surface area contributed by atoms with Gasteiger partial charge >= 0.3 is 0 Å². The molecule has 1 fully saturated rings. The molecule has 1 aliphatic heterocycles. The molecule has 2 aromatic carbocycles. The molecular weight excluding hydrogens is 336 g/mol. The van der Waals surface area contributed by atoms with Crippen LogP contribution in [0.4, 0.5) is 5.69 Å². The molecule has 5 heteroatoms. The van der Waals surface area contributed by atoms with Crippen molar-refractivity contribution in [2.45, 2.75) is 13.8 Å². The Hall–Kier alpha value is -3.08. The Morgan fingerprint density at radius 2 is 1.48 bits per heavy atom. The first-order chi connectivity index (χ1) is 13.1. The molecule has 0 atom stereocenters. The first kappa shape index (κ1) is 17.3. The topological polar surface area (TPSA) is 52.2 Å². The minimum atomic E-state index is 0.0443. The zero-order valence-corrected chi connectivity index (χ0v) is 15.8. The Morgan fingerprint density at radius 1 is 0.889 bits per heavy atom. The Balaban J connectivity index is 1.46. The number of nitrogens with one attached hydrogen (secondary N) is 1. The van der Waals surface area contributed by atoms with E-state index in [2.05, 4.69) is 53.2 Å². The number of piperazine rings is 1. The zero-order valence-electron chi connectivity index (χ0n) is 15.8. The molecule has 4 rings (SSSR count). The van der Waals surface area contributed by atoms with Crippen molar-refractivity contribution in [1.29, 1.82) is 0 Å². The van der Waals surface area contributed by atoms with Gasteiger partial charge in [-0.25, -0.2) is 0 Å². The van der Waals surface area contributed by atoms with Gasteiger partial charge in [0.25, 0.3) is 5.91 Å². The van der Waals surface area contributed by atoms with Crippen molar-refractivity contribution < 1.29 is 4.79 Å². The normalized spacial score (nSPS) is 14.4. The van der Waals surface area contributed by atoms with Crippen LogP contribution in [0.2, 0.25) is 0 Å². The Bertz CT molecular complexity index is 920. The van der Waals surface area contributed by atoms with Crippen molar-refractivity contribution in [2.75, 3.05) is 31.1 Å². The van der Waals surface area contributed by atoms with Gasteiger partial charge in [-0.15, -0.1) is 0 Å². The summed E-state index contributed by atoms with van der Waals surface area (Å²) in [7, 11) is 0. The molecule has 138 valence electrons. The number of hydrogen-bond acceptors (Lipinski definition) is 3. The first-order valence-electron chi connectivity index (χ1n) is 9.33. The number of hydrogen-bond donors (Lipinski definition) is 1. The minimum absolute atomic E-state index is 0.0443. The van der Waals surface area contributed by atoms with E-state index in [4.69, 9.17) is 0 Å². The smallest absolute Gasteiger partial charge is 0.257 e. The highest BCUT2D eigenvalue weighted by molar-refractivity contribution is 5.99. The summed E-state index contributed by atoms with van der Waals surface area (Å²) in [6, 6.07) is 16.7. The number of carbonyl (C=O) groups is 1. The van der Waals surface area contributed by atoms with Gasteiger partial charge in [0.1, 0.15) is 0 Å². The SMILES string of the molecule is Cc1ccc(-c2[nH]ncc2C(=O)N2CCN(c3ccc(C)cc3)CC2)cc1. The number of amides is 1. The van der Waals surface area contributed by atoms with E-state index in [1.54, 1.807) is 6.20 Å². The maximum atomic E-state index is 13.1. The summed E-state index contributed by atoms with van der Waals surface area (Å²) in [6.45, 7) is 7.25. The molecule has 1 N–H and O–H groups in total. The average molecular weight is 360 g/mol. The van der Waals surface area contributed by atoms with Crippen LogP contribution in [0.5, 0.6) is 0 Å². The molecular formula is C22H24N4O. The summed E-state index contributed by atoms with van der Waals surface area (Å²) in [6.07, 6.45) is 1.64. The fourth-order valence-electron chi connectivity index (χ4n) is 3.48. The molecule has 2 heterocycles. The fourth-order valence-corrected chi connectivity index (χ4v) is 3.48. The maximum Gasteiger partial charge on any atom is 0.257 e. The summed E-state index contributed by atoms with van der Waals surface area (Å²) in [5.41, 5.74) is 6.09. The van der Waals surface area contributed by atoms with Gasteiger partial charge in [0.15, 0.2) is 0 Å². The molecule has 0 bridgehead atoms. The first-order valence-corrected chi connectivity index (χ1v) is 9.33. The molecule has 5 nitrogen and oxygen atoms in total. The lowest BCUT2D eigenvalue weighted by Crippen LogP contribution is -2.48. The number of rotatable bonds is 3. The molecule has 1 saturated heterocycles. The van der Waals surface area contributed by atoms with Crippen molar-refractivity contribution in [3.8, 4) is 11.3 Å². The third-order valence-electron chi connectivity index (χ3n) is 5.18. The Kier molecular flexibility index (Phi) is 4.67. The van der Waals surface area contributed by atoms with E-state index in [0.717, 1.165) is 24.3 Å². The summed E-state index contributed by atoms with van der Waals surface area (Å²) in [5.74, 6) is 0.0443. The second-order valence-electron chi connectivity index (χ2n) is 7.14. The molecule has 1 aliphatic rings. The monoisotopic (exact) mass is 360 g/mol. The van der Waals surface area contributed by atoms with E-state index < -0.39 is 0 Å². The van der Waals surface area contributed by atoms with Crippen molar-refractivity contribution in [3.63, 3.8) is 0 Å². The highest BCUT2D eigenvalue weighted by Crippen LogP contribution is 2.24. The van der Waals surface area contributed by atoms with Crippen LogP contribution in [-0.4, -0.2) is 47.2 Å². The average Bonchev–Trinajstić information content (AvgIpc) is 3.18. The van der Waals surface area contributed by atoms with E-state index >= 15 is 0 Å². The quantitative estimate of drug-likeness (QED) is 0.776. The van der Waals surface area contributed by atoms with Crippen molar-refractivity contribution in [2.24, 2.45) is 0 Å². The number of benzene rings is 2. The predicted octanol–water partition coefficient (Wildman–Crippen LogP) is 3.66. The molecule has 0 radical (unpaired) electrons. The predicted molar refractivity (Wildman–Crippen MR) is 108 cm³/mol. The Morgan fingerprint density at radius 3 is 2.11 bits per heavy atom. The summed E-state index contributed by atoms with van der Waals surface area (Å²) < 4.78 is 0. The number of nitrogens with zero attached hydrogens (tertiary/aromatic N) is 3. The van der Waals surface area contributed by atoms with E-state index in [0.29, 0.717) is 18.7 Å². The third kappa shape index (κ3) is 3.58. The number of aromatic amines is 1. The number of anilines is 1. The molecule has 1 amide bonds. The number of aryl methyl sites for hydroxylation is 2. The van der Waals surface area contributed by atoms with Gasteiger partial charge in [0.2, 0.25) is 0 Å². The van der Waals surface area contributed by atoms with E-state index in [9.17, 15) is 4.79 Å². The largest absolute Gasteiger partial charge is 0.368 e. The minimum Gasteiger partial charge on any atom is -0.368 e. The molecule has 0 unspecified atom stereocenters. The van der Waals surface area contributed by atoms with Crippen LogP contribution in [0.3, 0.4) is 0 Å². The van der Waals surface area contributed by atoms with Gasteiger partial charge in [-0.2, -0.15) is 5.10 Å². The summed E-state index contributed by atoms with van der Waals surface area (Å²) >= 11 is 0. The number of H-pyrrole nitrogens is 1. The van der Waals surface area contributed by atoms with Crippen molar-refractivity contribution in [3.05, 3.63) is 71.4 Å². The lowest BCUT2D eigenvalue weighted by Gasteiger charge is -2.36. The van der Waals surface area contributed by atoms with Crippen LogP contribution in [0.25, 0.3) is 11.3 Å². The standard InChI is InChI=1S/C22H24N4O/c1-16-3-7-18(8-4-16)21-20(15-23-24-21)22(27)26-13-11-25(12-14-26)19-9-5-17(2)6-10-19/h3-10,15H,11-14H2,1-2H3,(H,23,24). The molecule has 3 aromatic rings. The zero-order chi connectivity index (χ0) is 18.8. The second kappa shape index (κ2) is 7.27. The summed E-state index contributed by atoms with van der Waals surface area (Å²) in [4.78, 5) is 17.3. The number of aromatic nitrogens is 2. The Labute approximate surface area is 159 Å². The van der Waals surface area contributed by atoms with Gasteiger partial charge in [-0.3, -0.25) is 9.89 Å². The molecule has 0 saturated carbocycles. The van der Waals surface area contributed by atoms with Crippen LogP contribution in [0, 0.1) is 13.8 Å². The molecule has 1 aromatic heterocycles. The molecule has 0 spiro atoms. The maximum absolute atomic E-state index is 13.1. The van der Waals surface area contributed by atoms with Gasteiger partial charge in [0, 0.05) is 37.4 Å². The van der Waals surface area contributed by atoms with Crippen molar-refractivity contribution in [1.82, 2.24) is 15.1 Å². The highest BCUT2D eigenvalue weighted by atomic mass is 16.2. The van der Waals surface area contributed by atoms with Gasteiger partial charge in [-0.1, -0.05) is 47.5 Å². The van der Waals surface area contributed by atoms with Gasteiger partial charge < -0.3 is 9.80 Å². The van der Waals surface area contributed by atoms with Crippen LogP contribution < -0.4 is 4.90 Å². The third-order valence-corrected chi connectivity index (χ3v) is 5.18. The lowest BCUT2D eigenvalue weighted by molar-refractivity contribution is 0.0747. The van der Waals surface area contributed by atoms with Crippen LogP contribution in [0.1, 0.15) is 21.5 Å². The second-order valence-corrected chi connectivity index (χ2v) is 7.14. The van der Waals surface area contributed by atoms with Crippen LogP contribution in [-0.2, 0) is 0 Å². The lowest BCUT2D eigenvalue weighted by atomic mass is 10.1. The molecule has 27 heavy (non-hydrogen) atoms. The fraction of sp³-hybridized carbons (Fsp3) is 0.273.